The van der Waals surface area contributed by atoms with Crippen molar-refractivity contribution in [2.45, 2.75) is 41.5 Å². The summed E-state index contributed by atoms with van der Waals surface area (Å²) in [4.78, 5) is 28.5. The standard InChI is InChI=1S/C24H32N2O4/c1-7-25(8-2)23(27)29-21-17(5)13-11-15-19(21)20-16-12-14-18(6)22(20)30-24(28)26(9-3)10-4/h11-16H,7-10H2,1-6H3. The minimum atomic E-state index is -0.398. The minimum absolute atomic E-state index is 0.398. The molecule has 0 heterocycles. The molecule has 0 aromatic heterocycles. The number of carbonyl (C=O) groups is 2. The first-order valence-electron chi connectivity index (χ1n) is 10.5. The maximum Gasteiger partial charge on any atom is 0.415 e. The lowest BCUT2D eigenvalue weighted by molar-refractivity contribution is 0.155. The number of hydrogen-bond donors (Lipinski definition) is 0. The molecule has 0 saturated heterocycles. The minimum Gasteiger partial charge on any atom is -0.409 e. The number of benzene rings is 2. The summed E-state index contributed by atoms with van der Waals surface area (Å²) in [5.74, 6) is 0.945. The molecule has 0 aliphatic rings. The molecule has 0 aliphatic carbocycles. The van der Waals surface area contributed by atoms with E-state index in [1.165, 1.54) is 0 Å². The van der Waals surface area contributed by atoms with E-state index in [1.54, 1.807) is 9.80 Å². The van der Waals surface area contributed by atoms with Crippen LogP contribution in [0.25, 0.3) is 11.1 Å². The highest BCUT2D eigenvalue weighted by Gasteiger charge is 2.22. The molecule has 0 bridgehead atoms. The molecular weight excluding hydrogens is 380 g/mol. The first-order chi connectivity index (χ1) is 14.4. The smallest absolute Gasteiger partial charge is 0.409 e. The fraction of sp³-hybridized carbons (Fsp3) is 0.417. The van der Waals surface area contributed by atoms with Crippen molar-refractivity contribution in [1.82, 2.24) is 9.80 Å². The van der Waals surface area contributed by atoms with Crippen LogP contribution in [0.5, 0.6) is 11.5 Å². The molecule has 0 atom stereocenters. The average molecular weight is 413 g/mol. The molecule has 0 radical (unpaired) electrons. The van der Waals surface area contributed by atoms with Gasteiger partial charge in [-0.2, -0.15) is 0 Å². The van der Waals surface area contributed by atoms with Crippen molar-refractivity contribution in [1.29, 1.82) is 0 Å². The van der Waals surface area contributed by atoms with Gasteiger partial charge in [-0.15, -0.1) is 0 Å². The van der Waals surface area contributed by atoms with E-state index in [0.717, 1.165) is 11.1 Å². The fourth-order valence-electron chi connectivity index (χ4n) is 3.27. The maximum atomic E-state index is 12.6. The molecule has 6 heteroatoms. The topological polar surface area (TPSA) is 59.1 Å². The Balaban J connectivity index is 2.52. The number of hydrogen-bond acceptors (Lipinski definition) is 4. The third-order valence-electron chi connectivity index (χ3n) is 5.14. The van der Waals surface area contributed by atoms with Crippen molar-refractivity contribution in [3.63, 3.8) is 0 Å². The summed E-state index contributed by atoms with van der Waals surface area (Å²) in [7, 11) is 0. The third-order valence-corrected chi connectivity index (χ3v) is 5.14. The largest absolute Gasteiger partial charge is 0.415 e. The van der Waals surface area contributed by atoms with Gasteiger partial charge >= 0.3 is 12.2 Å². The zero-order valence-electron chi connectivity index (χ0n) is 18.8. The van der Waals surface area contributed by atoms with Crippen LogP contribution in [-0.2, 0) is 0 Å². The van der Waals surface area contributed by atoms with Gasteiger partial charge in [0, 0.05) is 37.3 Å². The summed E-state index contributed by atoms with van der Waals surface area (Å²) in [6.45, 7) is 13.7. The van der Waals surface area contributed by atoms with Crippen LogP contribution in [0.4, 0.5) is 9.59 Å². The first kappa shape index (κ1) is 23.3. The highest BCUT2D eigenvalue weighted by atomic mass is 16.6. The molecule has 2 aromatic rings. The highest BCUT2D eigenvalue weighted by Crippen LogP contribution is 2.40. The highest BCUT2D eigenvalue weighted by molar-refractivity contribution is 5.84. The number of rotatable bonds is 7. The van der Waals surface area contributed by atoms with E-state index in [2.05, 4.69) is 0 Å². The zero-order chi connectivity index (χ0) is 22.3. The Morgan fingerprint density at radius 3 is 1.30 bits per heavy atom. The van der Waals surface area contributed by atoms with Crippen LogP contribution in [0.2, 0.25) is 0 Å². The molecule has 2 rings (SSSR count). The quantitative estimate of drug-likeness (QED) is 0.589. The summed E-state index contributed by atoms with van der Waals surface area (Å²) in [5, 5.41) is 0. The number of ether oxygens (including phenoxy) is 2. The van der Waals surface area contributed by atoms with E-state index in [9.17, 15) is 9.59 Å². The van der Waals surface area contributed by atoms with Crippen molar-refractivity contribution >= 4 is 12.2 Å². The van der Waals surface area contributed by atoms with Crippen molar-refractivity contribution in [2.24, 2.45) is 0 Å². The predicted molar refractivity (Wildman–Crippen MR) is 119 cm³/mol. The summed E-state index contributed by atoms with van der Waals surface area (Å²) in [5.41, 5.74) is 3.08. The lowest BCUT2D eigenvalue weighted by Gasteiger charge is -2.22. The normalized spacial score (nSPS) is 10.5. The molecule has 0 saturated carbocycles. The van der Waals surface area contributed by atoms with Crippen LogP contribution in [-0.4, -0.2) is 48.2 Å². The van der Waals surface area contributed by atoms with Crippen molar-refractivity contribution in [2.75, 3.05) is 26.2 Å². The van der Waals surface area contributed by atoms with Gasteiger partial charge in [0.15, 0.2) is 0 Å². The van der Waals surface area contributed by atoms with E-state index in [4.69, 9.17) is 9.47 Å². The van der Waals surface area contributed by atoms with E-state index in [1.807, 2.05) is 77.9 Å². The molecule has 0 unspecified atom stereocenters. The molecule has 0 spiro atoms. The van der Waals surface area contributed by atoms with E-state index >= 15 is 0 Å². The van der Waals surface area contributed by atoms with Gasteiger partial charge in [-0.1, -0.05) is 36.4 Å². The summed E-state index contributed by atoms with van der Waals surface area (Å²) in [6.07, 6.45) is -0.797. The number of amides is 2. The van der Waals surface area contributed by atoms with Crippen molar-refractivity contribution in [3.8, 4) is 22.6 Å². The first-order valence-corrected chi connectivity index (χ1v) is 10.5. The zero-order valence-corrected chi connectivity index (χ0v) is 18.8. The van der Waals surface area contributed by atoms with Gasteiger partial charge in [-0.25, -0.2) is 9.59 Å². The van der Waals surface area contributed by atoms with Gasteiger partial charge in [0.05, 0.1) is 0 Å². The predicted octanol–water partition coefficient (Wildman–Crippen LogP) is 5.65. The van der Waals surface area contributed by atoms with Crippen LogP contribution in [0.15, 0.2) is 36.4 Å². The third kappa shape index (κ3) is 5.12. The maximum absolute atomic E-state index is 12.6. The Labute approximate surface area is 179 Å². The van der Waals surface area contributed by atoms with Gasteiger partial charge in [-0.3, -0.25) is 0 Å². The molecule has 0 aliphatic heterocycles. The molecule has 0 N–H and O–H groups in total. The second-order valence-corrected chi connectivity index (χ2v) is 6.98. The van der Waals surface area contributed by atoms with Crippen LogP contribution >= 0.6 is 0 Å². The number of para-hydroxylation sites is 2. The second kappa shape index (κ2) is 10.7. The molecule has 2 aromatic carbocycles. The molecule has 2 amide bonds. The summed E-state index contributed by atoms with van der Waals surface area (Å²) < 4.78 is 11.6. The van der Waals surface area contributed by atoms with Crippen LogP contribution in [0, 0.1) is 13.8 Å². The molecule has 6 nitrogen and oxygen atoms in total. The van der Waals surface area contributed by atoms with Crippen LogP contribution in [0.3, 0.4) is 0 Å². The summed E-state index contributed by atoms with van der Waals surface area (Å²) in [6, 6.07) is 11.3. The van der Waals surface area contributed by atoms with Gasteiger partial charge in [0.2, 0.25) is 0 Å². The SMILES string of the molecule is CCN(CC)C(=O)Oc1c(C)cccc1-c1cccc(C)c1OC(=O)N(CC)CC. The Morgan fingerprint density at radius 2 is 1.00 bits per heavy atom. The Hall–Kier alpha value is -3.02. The average Bonchev–Trinajstić information content (AvgIpc) is 2.73. The molecule has 30 heavy (non-hydrogen) atoms. The van der Waals surface area contributed by atoms with Gasteiger partial charge in [0.1, 0.15) is 11.5 Å². The van der Waals surface area contributed by atoms with Gasteiger partial charge in [0.25, 0.3) is 0 Å². The fourth-order valence-corrected chi connectivity index (χ4v) is 3.27. The van der Waals surface area contributed by atoms with Crippen molar-refractivity contribution < 1.29 is 19.1 Å². The lowest BCUT2D eigenvalue weighted by atomic mass is 9.99. The monoisotopic (exact) mass is 412 g/mol. The molecule has 162 valence electrons. The Bertz CT molecular complexity index is 813. The number of nitrogens with zero attached hydrogens (tertiary/aromatic N) is 2. The molecule has 0 fully saturated rings. The van der Waals surface area contributed by atoms with E-state index < -0.39 is 12.2 Å². The lowest BCUT2D eigenvalue weighted by Crippen LogP contribution is -2.33. The second-order valence-electron chi connectivity index (χ2n) is 6.98. The van der Waals surface area contributed by atoms with Crippen LogP contribution in [0.1, 0.15) is 38.8 Å². The van der Waals surface area contributed by atoms with E-state index in [0.29, 0.717) is 48.8 Å². The van der Waals surface area contributed by atoms with Gasteiger partial charge in [-0.05, 0) is 52.7 Å². The number of aryl methyl sites for hydroxylation is 2. The summed E-state index contributed by atoms with van der Waals surface area (Å²) >= 11 is 0. The van der Waals surface area contributed by atoms with E-state index in [-0.39, 0.29) is 0 Å². The Kier molecular flexibility index (Phi) is 8.27. The van der Waals surface area contributed by atoms with Gasteiger partial charge < -0.3 is 19.3 Å². The van der Waals surface area contributed by atoms with Crippen molar-refractivity contribution in [3.05, 3.63) is 47.5 Å². The molecular formula is C24H32N2O4. The number of carbonyl (C=O) groups excluding carboxylic acids is 2. The Morgan fingerprint density at radius 1 is 0.667 bits per heavy atom. The van der Waals surface area contributed by atoms with Crippen LogP contribution < -0.4 is 9.47 Å².